The van der Waals surface area contributed by atoms with Gasteiger partial charge in [0.15, 0.2) is 5.82 Å². The second-order valence-corrected chi connectivity index (χ2v) is 8.83. The maximum absolute atomic E-state index is 12.8. The molecule has 0 radical (unpaired) electrons. The van der Waals surface area contributed by atoms with Crippen molar-refractivity contribution in [3.8, 4) is 11.9 Å². The molecule has 0 aliphatic carbocycles. The number of carbonyl (C=O) groups is 2. The molecule has 9 nitrogen and oxygen atoms in total. The van der Waals surface area contributed by atoms with E-state index in [0.717, 1.165) is 27.8 Å². The van der Waals surface area contributed by atoms with E-state index in [9.17, 15) is 9.59 Å². The van der Waals surface area contributed by atoms with Crippen molar-refractivity contribution in [3.05, 3.63) is 75.7 Å². The van der Waals surface area contributed by atoms with Crippen molar-refractivity contribution in [2.75, 3.05) is 20.1 Å². The van der Waals surface area contributed by atoms with Crippen molar-refractivity contribution >= 4 is 11.9 Å². The molecule has 3 aromatic rings. The number of amides is 1. The van der Waals surface area contributed by atoms with E-state index in [1.807, 2.05) is 39.2 Å². The van der Waals surface area contributed by atoms with Crippen molar-refractivity contribution < 1.29 is 14.3 Å². The molecule has 1 aromatic carbocycles. The highest BCUT2D eigenvalue weighted by atomic mass is 16.5. The predicted octanol–water partition coefficient (Wildman–Crippen LogP) is 2.44. The van der Waals surface area contributed by atoms with Crippen LogP contribution in [0.25, 0.3) is 5.82 Å². The highest BCUT2D eigenvalue weighted by molar-refractivity contribution is 5.94. The van der Waals surface area contributed by atoms with E-state index in [0.29, 0.717) is 36.6 Å². The van der Waals surface area contributed by atoms with Gasteiger partial charge < -0.3 is 9.64 Å². The second kappa shape index (κ2) is 8.39. The Balaban J connectivity index is 1.36. The Morgan fingerprint density at radius 1 is 1.24 bits per heavy atom. The highest BCUT2D eigenvalue weighted by Crippen LogP contribution is 2.33. The van der Waals surface area contributed by atoms with Crippen LogP contribution in [0, 0.1) is 25.2 Å². The third-order valence-electron chi connectivity index (χ3n) is 6.71. The maximum atomic E-state index is 12.8. The number of hydrogen-bond acceptors (Lipinski definition) is 7. The van der Waals surface area contributed by atoms with Crippen molar-refractivity contribution in [2.24, 2.45) is 0 Å². The van der Waals surface area contributed by atoms with Crippen LogP contribution in [0.2, 0.25) is 0 Å². The first kappa shape index (κ1) is 21.8. The standard InChI is InChI=1S/C25H24N6O3/c1-15-6-23(27-9-18(15)7-26)31-11-17(8-28-31)10-30-12-22(29(3)24(32)13-30)19-4-5-20-21(16(19)2)14-34-25(20)33/h4-6,8-9,11,22H,10,12-14H2,1-3H3. The van der Waals surface area contributed by atoms with Crippen molar-refractivity contribution in [1.82, 2.24) is 24.6 Å². The van der Waals surface area contributed by atoms with Crippen LogP contribution in [0.4, 0.5) is 0 Å². The van der Waals surface area contributed by atoms with Crippen LogP contribution >= 0.6 is 0 Å². The number of carbonyl (C=O) groups excluding carboxylic acids is 2. The molecule has 5 rings (SSSR count). The lowest BCUT2D eigenvalue weighted by atomic mass is 9.92. The molecule has 34 heavy (non-hydrogen) atoms. The van der Waals surface area contributed by atoms with E-state index in [2.05, 4.69) is 21.1 Å². The van der Waals surface area contributed by atoms with Gasteiger partial charge in [0.2, 0.25) is 5.91 Å². The third-order valence-corrected chi connectivity index (χ3v) is 6.71. The molecule has 1 unspecified atom stereocenters. The summed E-state index contributed by atoms with van der Waals surface area (Å²) < 4.78 is 6.87. The quantitative estimate of drug-likeness (QED) is 0.556. The lowest BCUT2D eigenvalue weighted by Gasteiger charge is -2.40. The zero-order chi connectivity index (χ0) is 24.0. The minimum atomic E-state index is -0.289. The molecule has 0 spiro atoms. The number of aromatic nitrogens is 3. The Morgan fingerprint density at radius 2 is 2.06 bits per heavy atom. The summed E-state index contributed by atoms with van der Waals surface area (Å²) >= 11 is 0. The van der Waals surface area contributed by atoms with Gasteiger partial charge in [-0.1, -0.05) is 6.07 Å². The van der Waals surface area contributed by atoms with Crippen molar-refractivity contribution in [2.45, 2.75) is 33.0 Å². The average molecular weight is 457 g/mol. The number of esters is 1. The summed E-state index contributed by atoms with van der Waals surface area (Å²) in [6.45, 7) is 5.69. The van der Waals surface area contributed by atoms with Crippen LogP contribution in [-0.2, 0) is 22.7 Å². The van der Waals surface area contributed by atoms with E-state index in [-0.39, 0.29) is 24.5 Å². The normalized spacial score (nSPS) is 18.1. The number of fused-ring (bicyclic) bond motifs is 1. The summed E-state index contributed by atoms with van der Waals surface area (Å²) in [5.41, 5.74) is 5.90. The first-order valence-corrected chi connectivity index (χ1v) is 11.0. The van der Waals surface area contributed by atoms with Gasteiger partial charge in [-0.25, -0.2) is 14.5 Å². The minimum absolute atomic E-state index is 0.0419. The molecule has 1 atom stereocenters. The van der Waals surface area contributed by atoms with Gasteiger partial charge in [-0.3, -0.25) is 9.69 Å². The fraction of sp³-hybridized carbons (Fsp3) is 0.320. The molecule has 2 aliphatic heterocycles. The van der Waals surface area contributed by atoms with Crippen molar-refractivity contribution in [3.63, 3.8) is 0 Å². The number of cyclic esters (lactones) is 1. The molecule has 1 saturated heterocycles. The first-order chi connectivity index (χ1) is 16.4. The number of likely N-dealkylation sites (N-methyl/N-ethyl adjacent to an activating group) is 1. The number of benzene rings is 1. The molecule has 0 saturated carbocycles. The van der Waals surface area contributed by atoms with Gasteiger partial charge in [0, 0.05) is 43.7 Å². The van der Waals surface area contributed by atoms with Gasteiger partial charge in [0.25, 0.3) is 0 Å². The Labute approximate surface area is 197 Å². The smallest absolute Gasteiger partial charge is 0.338 e. The molecule has 2 aliphatic rings. The zero-order valence-electron chi connectivity index (χ0n) is 19.3. The number of nitrogens with zero attached hydrogens (tertiary/aromatic N) is 6. The SMILES string of the molecule is Cc1cc(-n2cc(CN3CC(=O)N(C)C(c4ccc5c(c4C)COC5=O)C3)cn2)ncc1C#N. The summed E-state index contributed by atoms with van der Waals surface area (Å²) in [5, 5.41) is 13.5. The summed E-state index contributed by atoms with van der Waals surface area (Å²) in [4.78, 5) is 33.0. The van der Waals surface area contributed by atoms with Crippen LogP contribution in [0.1, 0.15) is 49.8 Å². The Hall–Kier alpha value is -4.03. The molecule has 4 heterocycles. The Kier molecular flexibility index (Phi) is 5.38. The summed E-state index contributed by atoms with van der Waals surface area (Å²) in [7, 11) is 1.83. The van der Waals surface area contributed by atoms with Crippen LogP contribution in [0.15, 0.2) is 36.8 Å². The van der Waals surface area contributed by atoms with Crippen molar-refractivity contribution in [1.29, 1.82) is 5.26 Å². The Bertz CT molecular complexity index is 1360. The fourth-order valence-corrected chi connectivity index (χ4v) is 4.67. The summed E-state index contributed by atoms with van der Waals surface area (Å²) in [5.74, 6) is 0.393. The molecular formula is C25H24N6O3. The van der Waals surface area contributed by atoms with Gasteiger partial charge in [-0.2, -0.15) is 10.4 Å². The summed E-state index contributed by atoms with van der Waals surface area (Å²) in [6.07, 6.45) is 5.22. The van der Waals surface area contributed by atoms with E-state index >= 15 is 0 Å². The lowest BCUT2D eigenvalue weighted by Crippen LogP contribution is -2.50. The molecular weight excluding hydrogens is 432 g/mol. The number of pyridine rings is 1. The average Bonchev–Trinajstić information content (AvgIpc) is 3.44. The topological polar surface area (TPSA) is 104 Å². The molecule has 1 fully saturated rings. The van der Waals surface area contributed by atoms with E-state index in [4.69, 9.17) is 10.00 Å². The van der Waals surface area contributed by atoms with Gasteiger partial charge in [-0.05, 0) is 42.7 Å². The molecule has 172 valence electrons. The second-order valence-electron chi connectivity index (χ2n) is 8.83. The first-order valence-electron chi connectivity index (χ1n) is 11.0. The van der Waals surface area contributed by atoms with E-state index in [1.54, 1.807) is 28.0 Å². The number of ether oxygens (including phenoxy) is 1. The Morgan fingerprint density at radius 3 is 2.82 bits per heavy atom. The predicted molar refractivity (Wildman–Crippen MR) is 122 cm³/mol. The van der Waals surface area contributed by atoms with E-state index < -0.39 is 0 Å². The number of piperazine rings is 1. The molecule has 2 aromatic heterocycles. The number of hydrogen-bond donors (Lipinski definition) is 0. The minimum Gasteiger partial charge on any atom is -0.457 e. The van der Waals surface area contributed by atoms with Crippen LogP contribution in [-0.4, -0.2) is 56.6 Å². The van der Waals surface area contributed by atoms with Crippen LogP contribution in [0.5, 0.6) is 0 Å². The van der Waals surface area contributed by atoms with Gasteiger partial charge in [-0.15, -0.1) is 0 Å². The number of nitriles is 1. The van der Waals surface area contributed by atoms with Gasteiger partial charge in [0.1, 0.15) is 12.7 Å². The molecule has 0 N–H and O–H groups in total. The van der Waals surface area contributed by atoms with Crippen LogP contribution in [0.3, 0.4) is 0 Å². The summed E-state index contributed by atoms with van der Waals surface area (Å²) in [6, 6.07) is 7.57. The largest absolute Gasteiger partial charge is 0.457 e. The van der Waals surface area contributed by atoms with E-state index in [1.165, 1.54) is 0 Å². The monoisotopic (exact) mass is 456 g/mol. The molecule has 1 amide bonds. The number of aryl methyl sites for hydroxylation is 1. The van der Waals surface area contributed by atoms with Crippen LogP contribution < -0.4 is 0 Å². The molecule has 9 heteroatoms. The third kappa shape index (κ3) is 3.72. The zero-order valence-corrected chi connectivity index (χ0v) is 19.3. The molecule has 0 bridgehead atoms. The lowest BCUT2D eigenvalue weighted by molar-refractivity contribution is -0.138. The highest BCUT2D eigenvalue weighted by Gasteiger charge is 2.34. The van der Waals surface area contributed by atoms with Gasteiger partial charge in [0.05, 0.1) is 29.9 Å². The maximum Gasteiger partial charge on any atom is 0.338 e. The van der Waals surface area contributed by atoms with Gasteiger partial charge >= 0.3 is 5.97 Å². The number of rotatable bonds is 4. The fourth-order valence-electron chi connectivity index (χ4n) is 4.67.